The number of nitro groups is 1. The summed E-state index contributed by atoms with van der Waals surface area (Å²) in [5.41, 5.74) is 1.70. The molecule has 0 atom stereocenters. The fourth-order valence-electron chi connectivity index (χ4n) is 2.25. The monoisotopic (exact) mass is 356 g/mol. The number of non-ortho nitro benzene ring substituents is 1. The molecule has 0 unspecified atom stereocenters. The summed E-state index contributed by atoms with van der Waals surface area (Å²) in [6.45, 7) is 0.479. The summed E-state index contributed by atoms with van der Waals surface area (Å²) in [6.07, 6.45) is 3.22. The SMILES string of the molecule is O=C(Nc1cnn(Cc2ccccc2Cl)c1)c1ccc([N+](=O)[O-])cc1. The molecule has 0 aliphatic heterocycles. The van der Waals surface area contributed by atoms with Gasteiger partial charge in [-0.05, 0) is 23.8 Å². The minimum Gasteiger partial charge on any atom is -0.319 e. The van der Waals surface area contributed by atoms with Crippen molar-refractivity contribution in [3.05, 3.63) is 87.2 Å². The molecule has 0 saturated carbocycles. The summed E-state index contributed by atoms with van der Waals surface area (Å²) >= 11 is 6.12. The molecule has 0 aliphatic rings. The third-order valence-electron chi connectivity index (χ3n) is 3.52. The van der Waals surface area contributed by atoms with Crippen molar-refractivity contribution in [3.8, 4) is 0 Å². The number of nitrogens with zero attached hydrogens (tertiary/aromatic N) is 3. The highest BCUT2D eigenvalue weighted by atomic mass is 35.5. The van der Waals surface area contributed by atoms with Crippen LogP contribution in [0.2, 0.25) is 5.02 Å². The van der Waals surface area contributed by atoms with Crippen molar-refractivity contribution in [3.63, 3.8) is 0 Å². The molecule has 1 heterocycles. The van der Waals surface area contributed by atoms with Gasteiger partial charge < -0.3 is 5.32 Å². The number of carbonyl (C=O) groups is 1. The summed E-state index contributed by atoms with van der Waals surface area (Å²) in [4.78, 5) is 22.3. The zero-order valence-corrected chi connectivity index (χ0v) is 13.7. The van der Waals surface area contributed by atoms with Crippen LogP contribution in [0.1, 0.15) is 15.9 Å². The Kier molecular flexibility index (Phi) is 4.76. The summed E-state index contributed by atoms with van der Waals surface area (Å²) < 4.78 is 1.66. The molecule has 7 nitrogen and oxygen atoms in total. The van der Waals surface area contributed by atoms with E-state index in [1.54, 1.807) is 16.9 Å². The molecule has 0 spiro atoms. The largest absolute Gasteiger partial charge is 0.319 e. The van der Waals surface area contributed by atoms with Gasteiger partial charge in [-0.3, -0.25) is 19.6 Å². The maximum atomic E-state index is 12.2. The second kappa shape index (κ2) is 7.14. The molecule has 0 radical (unpaired) electrons. The number of aromatic nitrogens is 2. The average Bonchev–Trinajstić information content (AvgIpc) is 3.04. The lowest BCUT2D eigenvalue weighted by atomic mass is 10.2. The quantitative estimate of drug-likeness (QED) is 0.557. The summed E-state index contributed by atoms with van der Waals surface area (Å²) in [5.74, 6) is -0.368. The van der Waals surface area contributed by atoms with Crippen LogP contribution in [0, 0.1) is 10.1 Å². The van der Waals surface area contributed by atoms with E-state index in [-0.39, 0.29) is 11.6 Å². The Balaban J connectivity index is 1.67. The predicted molar refractivity (Wildman–Crippen MR) is 93.8 cm³/mol. The molecular formula is C17H13ClN4O3. The fourth-order valence-corrected chi connectivity index (χ4v) is 2.45. The smallest absolute Gasteiger partial charge is 0.269 e. The van der Waals surface area contributed by atoms with Gasteiger partial charge in [0.25, 0.3) is 11.6 Å². The summed E-state index contributed by atoms with van der Waals surface area (Å²) in [6, 6.07) is 12.8. The van der Waals surface area contributed by atoms with E-state index in [0.29, 0.717) is 22.8 Å². The number of hydrogen-bond acceptors (Lipinski definition) is 4. The third kappa shape index (κ3) is 4.02. The van der Waals surface area contributed by atoms with E-state index in [9.17, 15) is 14.9 Å². The first-order chi connectivity index (χ1) is 12.0. The number of nitrogens with one attached hydrogen (secondary N) is 1. The molecule has 1 N–H and O–H groups in total. The molecule has 8 heteroatoms. The van der Waals surface area contributed by atoms with Crippen LogP contribution in [0.25, 0.3) is 0 Å². The van der Waals surface area contributed by atoms with Crippen LogP contribution in [0.4, 0.5) is 11.4 Å². The van der Waals surface area contributed by atoms with Crippen molar-refractivity contribution in [2.45, 2.75) is 6.54 Å². The molecule has 0 saturated heterocycles. The molecule has 1 aromatic heterocycles. The van der Waals surface area contributed by atoms with E-state index in [4.69, 9.17) is 11.6 Å². The van der Waals surface area contributed by atoms with Gasteiger partial charge in [-0.1, -0.05) is 29.8 Å². The van der Waals surface area contributed by atoms with E-state index < -0.39 is 4.92 Å². The van der Waals surface area contributed by atoms with Gasteiger partial charge in [-0.15, -0.1) is 0 Å². The number of nitro benzene ring substituents is 1. The van der Waals surface area contributed by atoms with Gasteiger partial charge in [-0.2, -0.15) is 5.10 Å². The van der Waals surface area contributed by atoms with Crippen molar-refractivity contribution in [1.82, 2.24) is 9.78 Å². The molecule has 0 aliphatic carbocycles. The van der Waals surface area contributed by atoms with E-state index >= 15 is 0 Å². The van der Waals surface area contributed by atoms with Gasteiger partial charge in [0, 0.05) is 28.9 Å². The van der Waals surface area contributed by atoms with Gasteiger partial charge >= 0.3 is 0 Å². The number of rotatable bonds is 5. The van der Waals surface area contributed by atoms with Crippen LogP contribution in [0.5, 0.6) is 0 Å². The van der Waals surface area contributed by atoms with Crippen LogP contribution in [0.3, 0.4) is 0 Å². The van der Waals surface area contributed by atoms with Crippen LogP contribution in [-0.2, 0) is 6.54 Å². The van der Waals surface area contributed by atoms with Gasteiger partial charge in [0.1, 0.15) is 0 Å². The zero-order valence-electron chi connectivity index (χ0n) is 12.9. The van der Waals surface area contributed by atoms with Crippen molar-refractivity contribution >= 4 is 28.9 Å². The molecule has 3 aromatic rings. The Morgan fingerprint density at radius 1 is 1.20 bits per heavy atom. The van der Waals surface area contributed by atoms with Crippen molar-refractivity contribution < 1.29 is 9.72 Å². The Morgan fingerprint density at radius 2 is 1.92 bits per heavy atom. The van der Waals surface area contributed by atoms with Crippen LogP contribution >= 0.6 is 11.6 Å². The standard InChI is InChI=1S/C17H13ClN4O3/c18-16-4-2-1-3-13(16)10-21-11-14(9-19-21)20-17(23)12-5-7-15(8-6-12)22(24)25/h1-9,11H,10H2,(H,20,23). The zero-order chi connectivity index (χ0) is 17.8. The minimum absolute atomic E-state index is 0.0656. The summed E-state index contributed by atoms with van der Waals surface area (Å²) in [7, 11) is 0. The first-order valence-corrected chi connectivity index (χ1v) is 7.72. The van der Waals surface area contributed by atoms with Gasteiger partial charge in [0.15, 0.2) is 0 Å². The number of halogens is 1. The minimum atomic E-state index is -0.513. The lowest BCUT2D eigenvalue weighted by molar-refractivity contribution is -0.384. The molecule has 0 fully saturated rings. The second-order valence-corrected chi connectivity index (χ2v) is 5.68. The molecule has 1 amide bonds. The average molecular weight is 357 g/mol. The number of amides is 1. The second-order valence-electron chi connectivity index (χ2n) is 5.28. The van der Waals surface area contributed by atoms with E-state index in [2.05, 4.69) is 10.4 Å². The highest BCUT2D eigenvalue weighted by Crippen LogP contribution is 2.17. The molecule has 0 bridgehead atoms. The van der Waals surface area contributed by atoms with Crippen molar-refractivity contribution in [1.29, 1.82) is 0 Å². The predicted octanol–water partition coefficient (Wildman–Crippen LogP) is 3.75. The Labute approximate surface area is 148 Å². The normalized spacial score (nSPS) is 10.4. The van der Waals surface area contributed by atoms with Gasteiger partial charge in [-0.25, -0.2) is 0 Å². The van der Waals surface area contributed by atoms with Gasteiger partial charge in [0.2, 0.25) is 0 Å². The van der Waals surface area contributed by atoms with Gasteiger partial charge in [0.05, 0.1) is 23.4 Å². The summed E-state index contributed by atoms with van der Waals surface area (Å²) in [5, 5.41) is 18.2. The number of benzene rings is 2. The number of anilines is 1. The Bertz CT molecular complexity index is 922. The topological polar surface area (TPSA) is 90.1 Å². The number of carbonyl (C=O) groups excluding carboxylic acids is 1. The lowest BCUT2D eigenvalue weighted by Gasteiger charge is -2.04. The molecule has 126 valence electrons. The molecular weight excluding hydrogens is 344 g/mol. The van der Waals surface area contributed by atoms with Crippen LogP contribution in [-0.4, -0.2) is 20.6 Å². The maximum absolute atomic E-state index is 12.2. The number of hydrogen-bond donors (Lipinski definition) is 1. The molecule has 25 heavy (non-hydrogen) atoms. The van der Waals surface area contributed by atoms with E-state index in [0.717, 1.165) is 5.56 Å². The van der Waals surface area contributed by atoms with Crippen molar-refractivity contribution in [2.24, 2.45) is 0 Å². The third-order valence-corrected chi connectivity index (χ3v) is 3.89. The maximum Gasteiger partial charge on any atom is 0.269 e. The van der Waals surface area contributed by atoms with E-state index in [1.165, 1.54) is 30.5 Å². The fraction of sp³-hybridized carbons (Fsp3) is 0.0588. The van der Waals surface area contributed by atoms with Crippen LogP contribution in [0.15, 0.2) is 60.9 Å². The Morgan fingerprint density at radius 3 is 2.60 bits per heavy atom. The first kappa shape index (κ1) is 16.7. The highest BCUT2D eigenvalue weighted by molar-refractivity contribution is 6.31. The van der Waals surface area contributed by atoms with Crippen molar-refractivity contribution in [2.75, 3.05) is 5.32 Å². The molecule has 2 aromatic carbocycles. The first-order valence-electron chi connectivity index (χ1n) is 7.34. The van der Waals surface area contributed by atoms with Crippen LogP contribution < -0.4 is 5.32 Å². The molecule has 3 rings (SSSR count). The lowest BCUT2D eigenvalue weighted by Crippen LogP contribution is -2.11. The highest BCUT2D eigenvalue weighted by Gasteiger charge is 2.11. The van der Waals surface area contributed by atoms with E-state index in [1.807, 2.05) is 18.2 Å². The Hall–Kier alpha value is -3.19.